The summed E-state index contributed by atoms with van der Waals surface area (Å²) < 4.78 is 13.2. The fourth-order valence-corrected chi connectivity index (χ4v) is 3.25. The molecule has 0 spiro atoms. The zero-order chi connectivity index (χ0) is 21.8. The molecule has 29 heavy (non-hydrogen) atoms. The summed E-state index contributed by atoms with van der Waals surface area (Å²) in [7, 11) is 0. The maximum atomic E-state index is 13.2. The molecule has 0 aliphatic carbocycles. The van der Waals surface area contributed by atoms with E-state index >= 15 is 0 Å². The van der Waals surface area contributed by atoms with Crippen molar-refractivity contribution in [3.63, 3.8) is 0 Å². The Kier molecular flexibility index (Phi) is 7.66. The summed E-state index contributed by atoms with van der Waals surface area (Å²) in [4.78, 5) is 27.3. The predicted octanol–water partition coefficient (Wildman–Crippen LogP) is 5.01. The first kappa shape index (κ1) is 23.2. The lowest BCUT2D eigenvalue weighted by Gasteiger charge is -2.31. The van der Waals surface area contributed by atoms with Crippen molar-refractivity contribution in [3.8, 4) is 0 Å². The number of rotatable bonds is 6. The molecule has 0 saturated heterocycles. The highest BCUT2D eigenvalue weighted by atomic mass is 35.5. The van der Waals surface area contributed by atoms with Crippen LogP contribution in [0.25, 0.3) is 0 Å². The van der Waals surface area contributed by atoms with Crippen LogP contribution in [0.5, 0.6) is 0 Å². The first-order chi connectivity index (χ1) is 13.5. The van der Waals surface area contributed by atoms with E-state index in [0.29, 0.717) is 15.6 Å². The lowest BCUT2D eigenvalue weighted by Crippen LogP contribution is -2.52. The van der Waals surface area contributed by atoms with E-state index in [1.54, 1.807) is 37.3 Å². The molecule has 1 atom stereocenters. The van der Waals surface area contributed by atoms with E-state index < -0.39 is 11.6 Å². The van der Waals surface area contributed by atoms with E-state index in [9.17, 15) is 14.0 Å². The van der Waals surface area contributed by atoms with Gasteiger partial charge in [0.05, 0.1) is 6.42 Å². The minimum atomic E-state index is -0.724. The SMILES string of the molecule is CC(C(=O)NC(C)(C)C)N(Cc1ccc(F)cc1)C(=O)Cc1ccc(Cl)cc1Cl. The first-order valence-electron chi connectivity index (χ1n) is 9.26. The number of carbonyl (C=O) groups is 2. The number of hydrogen-bond acceptors (Lipinski definition) is 2. The van der Waals surface area contributed by atoms with Crippen molar-refractivity contribution in [2.24, 2.45) is 0 Å². The minimum Gasteiger partial charge on any atom is -0.350 e. The third kappa shape index (κ3) is 7.02. The summed E-state index contributed by atoms with van der Waals surface area (Å²) >= 11 is 12.1. The van der Waals surface area contributed by atoms with Gasteiger partial charge in [-0.05, 0) is 63.1 Å². The zero-order valence-corrected chi connectivity index (χ0v) is 18.4. The van der Waals surface area contributed by atoms with Crippen molar-refractivity contribution in [1.82, 2.24) is 10.2 Å². The normalized spacial score (nSPS) is 12.4. The molecule has 2 aromatic rings. The Bertz CT molecular complexity index is 879. The number of halogens is 3. The van der Waals surface area contributed by atoms with Crippen LogP contribution in [-0.2, 0) is 22.6 Å². The van der Waals surface area contributed by atoms with E-state index in [4.69, 9.17) is 23.2 Å². The van der Waals surface area contributed by atoms with Crippen LogP contribution in [0.1, 0.15) is 38.8 Å². The first-order valence-corrected chi connectivity index (χ1v) is 10.0. The van der Waals surface area contributed by atoms with Gasteiger partial charge >= 0.3 is 0 Å². The Morgan fingerprint density at radius 1 is 1.10 bits per heavy atom. The van der Waals surface area contributed by atoms with Gasteiger partial charge in [-0.2, -0.15) is 0 Å². The Hall–Kier alpha value is -2.11. The Balaban J connectivity index is 2.27. The highest BCUT2D eigenvalue weighted by molar-refractivity contribution is 6.35. The molecule has 0 bridgehead atoms. The molecule has 156 valence electrons. The molecule has 0 aliphatic rings. The topological polar surface area (TPSA) is 49.4 Å². The molecule has 0 aromatic heterocycles. The van der Waals surface area contributed by atoms with Crippen molar-refractivity contribution >= 4 is 35.0 Å². The van der Waals surface area contributed by atoms with E-state index in [0.717, 1.165) is 5.56 Å². The number of carbonyl (C=O) groups excluding carboxylic acids is 2. The summed E-state index contributed by atoms with van der Waals surface area (Å²) in [6.45, 7) is 7.46. The maximum Gasteiger partial charge on any atom is 0.242 e. The molecule has 0 heterocycles. The standard InChI is InChI=1S/C22H25Cl2FN2O2/c1-14(21(29)26-22(2,3)4)27(13-15-5-9-18(25)10-6-15)20(28)11-16-7-8-17(23)12-19(16)24/h5-10,12,14H,11,13H2,1-4H3,(H,26,29). The quantitative estimate of drug-likeness (QED) is 0.688. The summed E-state index contributed by atoms with van der Waals surface area (Å²) in [5, 5.41) is 3.76. The predicted molar refractivity (Wildman–Crippen MR) is 114 cm³/mol. The van der Waals surface area contributed by atoms with E-state index in [-0.39, 0.29) is 30.6 Å². The summed E-state index contributed by atoms with van der Waals surface area (Å²) in [6.07, 6.45) is 0.0182. The van der Waals surface area contributed by atoms with Crippen LogP contribution in [0.4, 0.5) is 4.39 Å². The van der Waals surface area contributed by atoms with Gasteiger partial charge < -0.3 is 10.2 Å². The molecule has 2 aromatic carbocycles. The third-order valence-electron chi connectivity index (χ3n) is 4.29. The number of nitrogens with zero attached hydrogens (tertiary/aromatic N) is 1. The minimum absolute atomic E-state index is 0.0182. The molecule has 0 fully saturated rings. The van der Waals surface area contributed by atoms with Gasteiger partial charge in [0.25, 0.3) is 0 Å². The molecule has 4 nitrogen and oxygen atoms in total. The summed E-state index contributed by atoms with van der Waals surface area (Å²) in [5.74, 6) is -0.900. The van der Waals surface area contributed by atoms with Crippen LogP contribution in [0.2, 0.25) is 10.0 Å². The molecule has 2 amide bonds. The van der Waals surface area contributed by atoms with Gasteiger partial charge in [-0.3, -0.25) is 9.59 Å². The van der Waals surface area contributed by atoms with Gasteiger partial charge in [-0.1, -0.05) is 41.4 Å². The van der Waals surface area contributed by atoms with Gasteiger partial charge in [-0.15, -0.1) is 0 Å². The average molecular weight is 439 g/mol. The molecule has 1 N–H and O–H groups in total. The number of nitrogens with one attached hydrogen (secondary N) is 1. The van der Waals surface area contributed by atoms with Gasteiger partial charge in [0, 0.05) is 22.1 Å². The Morgan fingerprint density at radius 2 is 1.72 bits per heavy atom. The summed E-state index contributed by atoms with van der Waals surface area (Å²) in [5.41, 5.74) is 0.904. The van der Waals surface area contributed by atoms with Gasteiger partial charge in [0.2, 0.25) is 11.8 Å². The smallest absolute Gasteiger partial charge is 0.242 e. The lowest BCUT2D eigenvalue weighted by molar-refractivity contribution is -0.140. The van der Waals surface area contributed by atoms with E-state index in [2.05, 4.69) is 5.32 Å². The molecular formula is C22H25Cl2FN2O2. The van der Waals surface area contributed by atoms with Crippen molar-refractivity contribution < 1.29 is 14.0 Å². The number of benzene rings is 2. The van der Waals surface area contributed by atoms with E-state index in [1.165, 1.54) is 17.0 Å². The largest absolute Gasteiger partial charge is 0.350 e. The molecule has 1 unspecified atom stereocenters. The second-order valence-electron chi connectivity index (χ2n) is 7.98. The second kappa shape index (κ2) is 9.59. The van der Waals surface area contributed by atoms with Crippen molar-refractivity contribution in [2.45, 2.75) is 52.2 Å². The third-order valence-corrected chi connectivity index (χ3v) is 4.88. The molecule has 2 rings (SSSR count). The van der Waals surface area contributed by atoms with Crippen molar-refractivity contribution in [3.05, 3.63) is 69.5 Å². The fourth-order valence-electron chi connectivity index (χ4n) is 2.77. The summed E-state index contributed by atoms with van der Waals surface area (Å²) in [6, 6.07) is 10.1. The number of hydrogen-bond donors (Lipinski definition) is 1. The zero-order valence-electron chi connectivity index (χ0n) is 16.9. The molecule has 0 saturated carbocycles. The lowest BCUT2D eigenvalue weighted by atomic mass is 10.1. The Morgan fingerprint density at radius 3 is 2.28 bits per heavy atom. The second-order valence-corrected chi connectivity index (χ2v) is 8.82. The van der Waals surface area contributed by atoms with Crippen molar-refractivity contribution in [1.29, 1.82) is 0 Å². The monoisotopic (exact) mass is 438 g/mol. The van der Waals surface area contributed by atoms with Crippen molar-refractivity contribution in [2.75, 3.05) is 0 Å². The van der Waals surface area contributed by atoms with E-state index in [1.807, 2.05) is 20.8 Å². The fraction of sp³-hybridized carbons (Fsp3) is 0.364. The Labute approximate surface area is 181 Å². The highest BCUT2D eigenvalue weighted by Crippen LogP contribution is 2.23. The van der Waals surface area contributed by atoms with Crippen LogP contribution < -0.4 is 5.32 Å². The molecule has 0 radical (unpaired) electrons. The highest BCUT2D eigenvalue weighted by Gasteiger charge is 2.28. The maximum absolute atomic E-state index is 13.2. The molecule has 0 aliphatic heterocycles. The van der Waals surface area contributed by atoms with Crippen LogP contribution >= 0.6 is 23.2 Å². The van der Waals surface area contributed by atoms with Gasteiger partial charge in [0.1, 0.15) is 11.9 Å². The van der Waals surface area contributed by atoms with Crippen LogP contribution in [0.3, 0.4) is 0 Å². The molecule has 7 heteroatoms. The van der Waals surface area contributed by atoms with Gasteiger partial charge in [0.15, 0.2) is 0 Å². The van der Waals surface area contributed by atoms with Crippen LogP contribution in [0.15, 0.2) is 42.5 Å². The van der Waals surface area contributed by atoms with Crippen LogP contribution in [-0.4, -0.2) is 28.3 Å². The van der Waals surface area contributed by atoms with Gasteiger partial charge in [-0.25, -0.2) is 4.39 Å². The van der Waals surface area contributed by atoms with Crippen LogP contribution in [0, 0.1) is 5.82 Å². The number of amides is 2. The average Bonchev–Trinajstić information content (AvgIpc) is 2.61. The molecular weight excluding hydrogens is 414 g/mol.